The Balaban J connectivity index is 1.52. The Morgan fingerprint density at radius 2 is 1.85 bits per heavy atom. The second-order valence-electron chi connectivity index (χ2n) is 9.26. The largest absolute Gasteiger partial charge is 0.493 e. The van der Waals surface area contributed by atoms with Crippen LogP contribution in [0.3, 0.4) is 0 Å². The summed E-state index contributed by atoms with van der Waals surface area (Å²) in [4.78, 5) is 14.9. The van der Waals surface area contributed by atoms with E-state index in [1.807, 2.05) is 12.1 Å². The van der Waals surface area contributed by atoms with E-state index < -0.39 is 23.5 Å². The molecule has 5 nitrogen and oxygen atoms in total. The number of methoxy groups -OCH3 is 2. The topological polar surface area (TPSA) is 50.8 Å². The molecule has 0 aromatic heterocycles. The van der Waals surface area contributed by atoms with Crippen molar-refractivity contribution < 1.29 is 31.8 Å². The van der Waals surface area contributed by atoms with E-state index in [1.165, 1.54) is 0 Å². The maximum atomic E-state index is 14.3. The molecule has 1 amide bonds. The molecule has 184 valence electrons. The van der Waals surface area contributed by atoms with E-state index in [4.69, 9.17) is 9.47 Å². The van der Waals surface area contributed by atoms with Gasteiger partial charge in [0.15, 0.2) is 11.5 Å². The molecule has 1 heterocycles. The van der Waals surface area contributed by atoms with Gasteiger partial charge in [0.05, 0.1) is 25.3 Å². The van der Waals surface area contributed by atoms with Crippen molar-refractivity contribution in [1.29, 1.82) is 0 Å². The van der Waals surface area contributed by atoms with Gasteiger partial charge < -0.3 is 19.7 Å². The summed E-state index contributed by atoms with van der Waals surface area (Å²) >= 11 is 0. The Morgan fingerprint density at radius 3 is 2.50 bits per heavy atom. The van der Waals surface area contributed by atoms with Crippen molar-refractivity contribution in [3.8, 4) is 11.5 Å². The van der Waals surface area contributed by atoms with Crippen molar-refractivity contribution >= 4 is 5.91 Å². The fourth-order valence-electron chi connectivity index (χ4n) is 5.59. The first-order valence-corrected chi connectivity index (χ1v) is 11.2. The molecule has 2 aromatic rings. The summed E-state index contributed by atoms with van der Waals surface area (Å²) in [5, 5.41) is 2.85. The van der Waals surface area contributed by atoms with Gasteiger partial charge in [-0.25, -0.2) is 4.39 Å². The van der Waals surface area contributed by atoms with Crippen LogP contribution in [0.25, 0.3) is 0 Å². The Kier molecular flexibility index (Phi) is 6.50. The standard InChI is InChI=1S/C25H28F4N2O3/c1-31-13-17-10-18(30-23(32)19-6-4-16(11-20(19)26)25(27,28)29)8-9-24(17,14-31)15-5-7-21(33-2)22(12-15)34-3/h4-7,11-12,17-18H,8-10,13-14H2,1-3H3,(H,30,32)/t17-,18-,24+/m1/s1. The highest BCUT2D eigenvalue weighted by atomic mass is 19.4. The predicted octanol–water partition coefficient (Wildman–Crippen LogP) is 4.64. The lowest BCUT2D eigenvalue weighted by Crippen LogP contribution is -2.47. The van der Waals surface area contributed by atoms with Gasteiger partial charge in [0.1, 0.15) is 5.82 Å². The number of alkyl halides is 3. The molecule has 0 radical (unpaired) electrons. The molecule has 2 aromatic carbocycles. The SMILES string of the molecule is COc1ccc([C@@]23CC[C@@H](NC(=O)c4ccc(C(F)(F)F)cc4F)C[C@@H]2CN(C)C3)cc1OC. The molecule has 9 heteroatoms. The van der Waals surface area contributed by atoms with E-state index in [9.17, 15) is 22.4 Å². The summed E-state index contributed by atoms with van der Waals surface area (Å²) in [5.41, 5.74) is -0.464. The number of carbonyl (C=O) groups excluding carboxylic acids is 1. The molecule has 0 unspecified atom stereocenters. The van der Waals surface area contributed by atoms with Crippen LogP contribution in [-0.2, 0) is 11.6 Å². The number of amides is 1. The third-order valence-corrected chi connectivity index (χ3v) is 7.21. The number of benzene rings is 2. The van der Waals surface area contributed by atoms with E-state index >= 15 is 0 Å². The molecule has 34 heavy (non-hydrogen) atoms. The molecule has 2 fully saturated rings. The summed E-state index contributed by atoms with van der Waals surface area (Å²) in [6.45, 7) is 1.71. The number of likely N-dealkylation sites (N-methyl/N-ethyl adjacent to an activating group) is 1. The van der Waals surface area contributed by atoms with Gasteiger partial charge in [-0.15, -0.1) is 0 Å². The molecular weight excluding hydrogens is 452 g/mol. The van der Waals surface area contributed by atoms with Gasteiger partial charge in [-0.05, 0) is 68.1 Å². The Morgan fingerprint density at radius 1 is 1.12 bits per heavy atom. The first-order valence-electron chi connectivity index (χ1n) is 11.2. The van der Waals surface area contributed by atoms with Gasteiger partial charge in [-0.3, -0.25) is 4.79 Å². The average Bonchev–Trinajstić information content (AvgIpc) is 3.14. The summed E-state index contributed by atoms with van der Waals surface area (Å²) in [6, 6.07) is 7.77. The highest BCUT2D eigenvalue weighted by Gasteiger charge is 2.50. The molecule has 4 rings (SSSR count). The molecular formula is C25H28F4N2O3. The normalized spacial score (nSPS) is 25.0. The number of hydrogen-bond donors (Lipinski definition) is 1. The smallest absolute Gasteiger partial charge is 0.416 e. The highest BCUT2D eigenvalue weighted by Crippen LogP contribution is 2.49. The zero-order valence-electron chi connectivity index (χ0n) is 19.3. The van der Waals surface area contributed by atoms with E-state index in [0.717, 1.165) is 37.2 Å². The minimum absolute atomic E-state index is 0.116. The quantitative estimate of drug-likeness (QED) is 0.634. The van der Waals surface area contributed by atoms with Crippen molar-refractivity contribution in [2.24, 2.45) is 5.92 Å². The Hall–Kier alpha value is -2.81. The third-order valence-electron chi connectivity index (χ3n) is 7.21. The van der Waals surface area contributed by atoms with Gasteiger partial charge in [-0.2, -0.15) is 13.2 Å². The second-order valence-corrected chi connectivity index (χ2v) is 9.26. The van der Waals surface area contributed by atoms with Gasteiger partial charge >= 0.3 is 6.18 Å². The Bertz CT molecular complexity index is 1070. The minimum atomic E-state index is -4.67. The van der Waals surface area contributed by atoms with Crippen LogP contribution < -0.4 is 14.8 Å². The number of carbonyl (C=O) groups is 1. The van der Waals surface area contributed by atoms with Crippen LogP contribution in [0.1, 0.15) is 40.7 Å². The molecule has 1 aliphatic carbocycles. The van der Waals surface area contributed by atoms with E-state index in [-0.39, 0.29) is 22.9 Å². The molecule has 1 aliphatic heterocycles. The maximum absolute atomic E-state index is 14.3. The predicted molar refractivity (Wildman–Crippen MR) is 119 cm³/mol. The van der Waals surface area contributed by atoms with Crippen LogP contribution in [-0.4, -0.2) is 51.2 Å². The molecule has 0 spiro atoms. The number of nitrogens with one attached hydrogen (secondary N) is 1. The lowest BCUT2D eigenvalue weighted by atomic mass is 9.63. The average molecular weight is 481 g/mol. The lowest BCUT2D eigenvalue weighted by Gasteiger charge is -2.43. The summed E-state index contributed by atoms with van der Waals surface area (Å²) in [5.74, 6) is -0.308. The molecule has 1 N–H and O–H groups in total. The Labute approximate surface area is 196 Å². The van der Waals surface area contributed by atoms with Crippen LogP contribution in [0.2, 0.25) is 0 Å². The van der Waals surface area contributed by atoms with Crippen molar-refractivity contribution in [1.82, 2.24) is 10.2 Å². The van der Waals surface area contributed by atoms with Crippen LogP contribution in [0.5, 0.6) is 11.5 Å². The molecule has 3 atom stereocenters. The fourth-order valence-corrected chi connectivity index (χ4v) is 5.59. The van der Waals surface area contributed by atoms with Gasteiger partial charge in [0.25, 0.3) is 5.91 Å². The monoisotopic (exact) mass is 480 g/mol. The first kappa shape index (κ1) is 24.3. The van der Waals surface area contributed by atoms with Crippen molar-refractivity contribution in [3.05, 3.63) is 58.9 Å². The van der Waals surface area contributed by atoms with Crippen LogP contribution in [0.15, 0.2) is 36.4 Å². The highest BCUT2D eigenvalue weighted by molar-refractivity contribution is 5.94. The third kappa shape index (κ3) is 4.45. The molecule has 1 saturated heterocycles. The van der Waals surface area contributed by atoms with Gasteiger partial charge in [0, 0.05) is 24.5 Å². The van der Waals surface area contributed by atoms with Gasteiger partial charge in [-0.1, -0.05) is 6.07 Å². The van der Waals surface area contributed by atoms with Gasteiger partial charge in [0.2, 0.25) is 0 Å². The van der Waals surface area contributed by atoms with Crippen molar-refractivity contribution in [2.75, 3.05) is 34.4 Å². The van der Waals surface area contributed by atoms with E-state index in [0.29, 0.717) is 30.4 Å². The second kappa shape index (κ2) is 9.09. The van der Waals surface area contributed by atoms with Crippen LogP contribution >= 0.6 is 0 Å². The molecule has 1 saturated carbocycles. The summed E-state index contributed by atoms with van der Waals surface area (Å²) in [7, 11) is 5.26. The number of halogens is 4. The number of fused-ring (bicyclic) bond motifs is 1. The van der Waals surface area contributed by atoms with E-state index in [1.54, 1.807) is 14.2 Å². The number of likely N-dealkylation sites (tertiary alicyclic amines) is 1. The fraction of sp³-hybridized carbons (Fsp3) is 0.480. The van der Waals surface area contributed by atoms with E-state index in [2.05, 4.69) is 23.3 Å². The lowest BCUT2D eigenvalue weighted by molar-refractivity contribution is -0.137. The number of hydrogen-bond acceptors (Lipinski definition) is 4. The number of nitrogens with zero attached hydrogens (tertiary/aromatic N) is 1. The maximum Gasteiger partial charge on any atom is 0.416 e. The summed E-state index contributed by atoms with van der Waals surface area (Å²) in [6.07, 6.45) is -2.50. The van der Waals surface area contributed by atoms with Crippen molar-refractivity contribution in [2.45, 2.75) is 36.9 Å². The zero-order valence-corrected chi connectivity index (χ0v) is 19.3. The number of rotatable bonds is 5. The molecule has 0 bridgehead atoms. The first-order chi connectivity index (χ1) is 16.1. The number of ether oxygens (including phenoxy) is 2. The zero-order chi connectivity index (χ0) is 24.7. The summed E-state index contributed by atoms with van der Waals surface area (Å²) < 4.78 is 63.6. The van der Waals surface area contributed by atoms with Crippen LogP contribution in [0, 0.1) is 11.7 Å². The van der Waals surface area contributed by atoms with Crippen molar-refractivity contribution in [3.63, 3.8) is 0 Å². The minimum Gasteiger partial charge on any atom is -0.493 e. The molecule has 2 aliphatic rings. The van der Waals surface area contributed by atoms with Crippen LogP contribution in [0.4, 0.5) is 17.6 Å².